The van der Waals surface area contributed by atoms with E-state index in [2.05, 4.69) is 0 Å². The quantitative estimate of drug-likeness (QED) is 0.739. The van der Waals surface area contributed by atoms with Gasteiger partial charge in [0.1, 0.15) is 5.82 Å². The van der Waals surface area contributed by atoms with Gasteiger partial charge in [-0.3, -0.25) is 0 Å². The first-order valence-electron chi connectivity index (χ1n) is 6.01. The molecule has 0 amide bonds. The molecule has 1 rings (SSSR count). The summed E-state index contributed by atoms with van der Waals surface area (Å²) >= 11 is 0. The normalized spacial score (nSPS) is 11.4. The fourth-order valence-corrected chi connectivity index (χ4v) is 1.76. The highest BCUT2D eigenvalue weighted by atomic mass is 19.1. The third kappa shape index (κ3) is 6.13. The summed E-state index contributed by atoms with van der Waals surface area (Å²) in [6.07, 6.45) is 3.01. The largest absolute Gasteiger partial charge is 0.478 e. The summed E-state index contributed by atoms with van der Waals surface area (Å²) < 4.78 is 13.4. The second-order valence-electron chi connectivity index (χ2n) is 4.38. The maximum absolute atomic E-state index is 13.4. The Morgan fingerprint density at radius 1 is 1.42 bits per heavy atom. The van der Waals surface area contributed by atoms with E-state index in [0.717, 1.165) is 11.6 Å². The average molecular weight is 267 g/mol. The van der Waals surface area contributed by atoms with Gasteiger partial charge in [0.15, 0.2) is 0 Å². The number of rotatable bonds is 7. The number of carboxylic acids is 1. The lowest BCUT2D eigenvalue weighted by Gasteiger charge is -2.16. The number of aliphatic hydroxyl groups is 1. The van der Waals surface area contributed by atoms with E-state index < -0.39 is 11.8 Å². The van der Waals surface area contributed by atoms with Crippen LogP contribution in [0.2, 0.25) is 0 Å². The molecule has 0 radical (unpaired) electrons. The van der Waals surface area contributed by atoms with E-state index in [1.165, 1.54) is 18.2 Å². The van der Waals surface area contributed by atoms with Gasteiger partial charge in [-0.2, -0.15) is 0 Å². The summed E-state index contributed by atoms with van der Waals surface area (Å²) in [6.45, 7) is 1.39. The van der Waals surface area contributed by atoms with Gasteiger partial charge in [0, 0.05) is 25.8 Å². The molecule has 1 aromatic carbocycles. The molecule has 19 heavy (non-hydrogen) atoms. The third-order valence-corrected chi connectivity index (χ3v) is 2.55. The van der Waals surface area contributed by atoms with E-state index in [9.17, 15) is 9.18 Å². The first-order valence-corrected chi connectivity index (χ1v) is 6.01. The third-order valence-electron chi connectivity index (χ3n) is 2.55. The molecule has 0 saturated heterocycles. The van der Waals surface area contributed by atoms with Gasteiger partial charge in [0.25, 0.3) is 0 Å². The fraction of sp³-hybridized carbons (Fsp3) is 0.357. The Kier molecular flexibility index (Phi) is 6.18. The molecule has 0 aromatic heterocycles. The SMILES string of the molecule is CN(CCCO)Cc1cc(F)cc(/C=C/C(=O)O)c1. The number of halogens is 1. The molecule has 1 aromatic rings. The lowest BCUT2D eigenvalue weighted by atomic mass is 10.1. The molecule has 0 bridgehead atoms. The first-order chi connectivity index (χ1) is 9.01. The Bertz CT molecular complexity index is 460. The van der Waals surface area contributed by atoms with Crippen molar-refractivity contribution < 1.29 is 19.4 Å². The number of benzene rings is 1. The van der Waals surface area contributed by atoms with Crippen LogP contribution in [0.3, 0.4) is 0 Å². The highest BCUT2D eigenvalue weighted by Gasteiger charge is 2.03. The van der Waals surface area contributed by atoms with Crippen molar-refractivity contribution in [2.75, 3.05) is 20.2 Å². The molecule has 0 aliphatic heterocycles. The molecular formula is C14H18FNO3. The Morgan fingerprint density at radius 3 is 2.79 bits per heavy atom. The van der Waals surface area contributed by atoms with Crippen molar-refractivity contribution in [3.05, 3.63) is 41.2 Å². The summed E-state index contributed by atoms with van der Waals surface area (Å²) in [5, 5.41) is 17.3. The van der Waals surface area contributed by atoms with Crippen molar-refractivity contribution in [3.63, 3.8) is 0 Å². The summed E-state index contributed by atoms with van der Waals surface area (Å²) in [7, 11) is 1.88. The molecule has 4 nitrogen and oxygen atoms in total. The van der Waals surface area contributed by atoms with E-state index in [1.807, 2.05) is 11.9 Å². The Hall–Kier alpha value is -1.72. The molecule has 0 atom stereocenters. The van der Waals surface area contributed by atoms with Gasteiger partial charge < -0.3 is 15.1 Å². The monoisotopic (exact) mass is 267 g/mol. The standard InChI is InChI=1S/C14H18FNO3/c1-16(5-2-6-17)10-12-7-11(3-4-14(18)19)8-13(15)9-12/h3-4,7-9,17H,2,5-6,10H2,1H3,(H,18,19)/b4-3+. The van der Waals surface area contributed by atoms with Gasteiger partial charge in [0.05, 0.1) is 0 Å². The van der Waals surface area contributed by atoms with Gasteiger partial charge in [-0.05, 0) is 42.8 Å². The van der Waals surface area contributed by atoms with Crippen molar-refractivity contribution in [2.24, 2.45) is 0 Å². The number of hydrogen-bond acceptors (Lipinski definition) is 3. The minimum Gasteiger partial charge on any atom is -0.478 e. The van der Waals surface area contributed by atoms with Crippen molar-refractivity contribution in [3.8, 4) is 0 Å². The lowest BCUT2D eigenvalue weighted by molar-refractivity contribution is -0.131. The molecule has 0 unspecified atom stereocenters. The number of carbonyl (C=O) groups is 1. The van der Waals surface area contributed by atoms with E-state index in [-0.39, 0.29) is 6.61 Å². The number of nitrogens with zero attached hydrogens (tertiary/aromatic N) is 1. The lowest BCUT2D eigenvalue weighted by Crippen LogP contribution is -2.20. The van der Waals surface area contributed by atoms with Crippen LogP contribution in [0.5, 0.6) is 0 Å². The molecule has 0 aliphatic rings. The van der Waals surface area contributed by atoms with Crippen molar-refractivity contribution in [2.45, 2.75) is 13.0 Å². The van der Waals surface area contributed by atoms with E-state index in [1.54, 1.807) is 6.07 Å². The molecule has 0 spiro atoms. The molecule has 0 heterocycles. The average Bonchev–Trinajstić information content (AvgIpc) is 2.33. The van der Waals surface area contributed by atoms with Crippen LogP contribution in [0.25, 0.3) is 6.08 Å². The number of carboxylic acid groups (broad SMARTS) is 1. The van der Waals surface area contributed by atoms with Crippen LogP contribution >= 0.6 is 0 Å². The van der Waals surface area contributed by atoms with Gasteiger partial charge in [0.2, 0.25) is 0 Å². The second kappa shape index (κ2) is 7.66. The molecule has 104 valence electrons. The van der Waals surface area contributed by atoms with Gasteiger partial charge in [-0.1, -0.05) is 6.07 Å². The maximum atomic E-state index is 13.4. The van der Waals surface area contributed by atoms with E-state index in [0.29, 0.717) is 25.1 Å². The number of hydrogen-bond donors (Lipinski definition) is 2. The van der Waals surface area contributed by atoms with Crippen LogP contribution in [0, 0.1) is 5.82 Å². The van der Waals surface area contributed by atoms with Crippen LogP contribution in [0.15, 0.2) is 24.3 Å². The van der Waals surface area contributed by atoms with Gasteiger partial charge >= 0.3 is 5.97 Å². The topological polar surface area (TPSA) is 60.8 Å². The predicted octanol–water partition coefficient (Wildman–Crippen LogP) is 1.74. The van der Waals surface area contributed by atoms with Gasteiger partial charge in [-0.15, -0.1) is 0 Å². The molecule has 2 N–H and O–H groups in total. The van der Waals surface area contributed by atoms with Gasteiger partial charge in [-0.25, -0.2) is 9.18 Å². The van der Waals surface area contributed by atoms with E-state index >= 15 is 0 Å². The number of aliphatic hydroxyl groups excluding tert-OH is 1. The predicted molar refractivity (Wildman–Crippen MR) is 71.1 cm³/mol. The van der Waals surface area contributed by atoms with Crippen LogP contribution in [0.4, 0.5) is 4.39 Å². The smallest absolute Gasteiger partial charge is 0.328 e. The van der Waals surface area contributed by atoms with E-state index in [4.69, 9.17) is 10.2 Å². The van der Waals surface area contributed by atoms with Crippen LogP contribution < -0.4 is 0 Å². The Balaban J connectivity index is 2.76. The maximum Gasteiger partial charge on any atom is 0.328 e. The van der Waals surface area contributed by atoms with Crippen LogP contribution in [-0.4, -0.2) is 41.3 Å². The zero-order valence-electron chi connectivity index (χ0n) is 10.8. The molecular weight excluding hydrogens is 249 g/mol. The highest BCUT2D eigenvalue weighted by molar-refractivity contribution is 5.85. The zero-order valence-corrected chi connectivity index (χ0v) is 10.8. The Labute approximate surface area is 111 Å². The minimum absolute atomic E-state index is 0.125. The first kappa shape index (κ1) is 15.3. The van der Waals surface area contributed by atoms with Crippen LogP contribution in [-0.2, 0) is 11.3 Å². The van der Waals surface area contributed by atoms with Crippen molar-refractivity contribution in [1.82, 2.24) is 4.90 Å². The van der Waals surface area contributed by atoms with Crippen LogP contribution in [0.1, 0.15) is 17.5 Å². The second-order valence-corrected chi connectivity index (χ2v) is 4.38. The molecule has 5 heteroatoms. The van der Waals surface area contributed by atoms with Crippen molar-refractivity contribution in [1.29, 1.82) is 0 Å². The zero-order chi connectivity index (χ0) is 14.3. The molecule has 0 fully saturated rings. The summed E-state index contributed by atoms with van der Waals surface area (Å²) in [5.74, 6) is -1.45. The highest BCUT2D eigenvalue weighted by Crippen LogP contribution is 2.12. The molecule has 0 aliphatic carbocycles. The van der Waals surface area contributed by atoms with Crippen molar-refractivity contribution >= 4 is 12.0 Å². The summed E-state index contributed by atoms with van der Waals surface area (Å²) in [6, 6.07) is 4.46. The minimum atomic E-state index is -1.06. The summed E-state index contributed by atoms with van der Waals surface area (Å²) in [5.41, 5.74) is 1.29. The Morgan fingerprint density at radius 2 is 2.16 bits per heavy atom. The molecule has 0 saturated carbocycles. The number of aliphatic carboxylic acids is 1. The fourth-order valence-electron chi connectivity index (χ4n) is 1.76. The summed E-state index contributed by atoms with van der Waals surface area (Å²) in [4.78, 5) is 12.4.